The van der Waals surface area contributed by atoms with E-state index in [4.69, 9.17) is 30.9 Å². The van der Waals surface area contributed by atoms with Crippen LogP contribution in [0.2, 0.25) is 0 Å². The molecule has 0 radical (unpaired) electrons. The van der Waals surface area contributed by atoms with Crippen LogP contribution in [-0.4, -0.2) is 47.1 Å². The first kappa shape index (κ1) is 28.8. The molecule has 3 aromatic carbocycles. The van der Waals surface area contributed by atoms with Crippen LogP contribution < -0.4 is 22.1 Å². The first-order valence-electron chi connectivity index (χ1n) is 13.2. The molecule has 11 heteroatoms. The Hall–Kier alpha value is -5.19. The van der Waals surface area contributed by atoms with Crippen molar-refractivity contribution in [3.8, 4) is 11.3 Å². The molecule has 11 nitrogen and oxygen atoms in total. The average Bonchev–Trinajstić information content (AvgIpc) is 2.96. The van der Waals surface area contributed by atoms with Gasteiger partial charge in [-0.15, -0.1) is 0 Å². The van der Waals surface area contributed by atoms with E-state index in [1.54, 1.807) is 50.2 Å². The summed E-state index contributed by atoms with van der Waals surface area (Å²) >= 11 is 0. The maximum Gasteiger partial charge on any atom is 0.328 e. The molecule has 212 valence electrons. The molecule has 0 saturated heterocycles. The Morgan fingerprint density at radius 3 is 2.29 bits per heavy atom. The van der Waals surface area contributed by atoms with E-state index in [1.165, 1.54) is 0 Å². The van der Waals surface area contributed by atoms with Gasteiger partial charge in [0.25, 0.3) is 5.91 Å². The molecule has 4 aromatic rings. The summed E-state index contributed by atoms with van der Waals surface area (Å²) in [6.07, 6.45) is 0.0231. The summed E-state index contributed by atoms with van der Waals surface area (Å²) in [4.78, 5) is 46.7. The first-order valence-corrected chi connectivity index (χ1v) is 13.2. The van der Waals surface area contributed by atoms with Gasteiger partial charge in [-0.3, -0.25) is 9.59 Å². The van der Waals surface area contributed by atoms with Gasteiger partial charge in [-0.05, 0) is 56.7 Å². The predicted octanol–water partition coefficient (Wildman–Crippen LogP) is 4.21. The van der Waals surface area contributed by atoms with Gasteiger partial charge < -0.3 is 31.6 Å². The Morgan fingerprint density at radius 1 is 0.902 bits per heavy atom. The standard InChI is InChI=1S/C30H32N6O5/c1-3-40-25(37)15-14-23(30(39)41-4-2)35-29(38)19-10-12-21(13-11-19)33-28-26(18-8-6-5-7-9-18)36-27-22(32)16-20(31)17-24(27)34-28/h5-13,16-17,23H,3-4,14-15,31-32H2,1-2H3,(H,33,34)(H,35,38)/t23-/m0/s1. The van der Waals surface area contributed by atoms with Crippen molar-refractivity contribution in [3.05, 3.63) is 72.3 Å². The molecule has 0 aliphatic heterocycles. The lowest BCUT2D eigenvalue weighted by Crippen LogP contribution is -2.42. The summed E-state index contributed by atoms with van der Waals surface area (Å²) in [5.41, 5.74) is 16.5. The van der Waals surface area contributed by atoms with E-state index < -0.39 is 23.9 Å². The van der Waals surface area contributed by atoms with Crippen molar-refractivity contribution < 1.29 is 23.9 Å². The van der Waals surface area contributed by atoms with Crippen LogP contribution in [0, 0.1) is 0 Å². The van der Waals surface area contributed by atoms with Gasteiger partial charge in [0.1, 0.15) is 17.3 Å². The smallest absolute Gasteiger partial charge is 0.328 e. The second-order valence-electron chi connectivity index (χ2n) is 9.09. The zero-order chi connectivity index (χ0) is 29.4. The third-order valence-electron chi connectivity index (χ3n) is 6.10. The van der Waals surface area contributed by atoms with Gasteiger partial charge in [-0.1, -0.05) is 30.3 Å². The minimum absolute atomic E-state index is 0.0334. The van der Waals surface area contributed by atoms with E-state index in [0.29, 0.717) is 45.2 Å². The number of rotatable bonds is 11. The number of fused-ring (bicyclic) bond motifs is 1. The fourth-order valence-corrected chi connectivity index (χ4v) is 4.16. The van der Waals surface area contributed by atoms with Crippen molar-refractivity contribution in [2.45, 2.75) is 32.7 Å². The second kappa shape index (κ2) is 13.2. The lowest BCUT2D eigenvalue weighted by molar-refractivity contribution is -0.146. The van der Waals surface area contributed by atoms with E-state index in [2.05, 4.69) is 10.6 Å². The largest absolute Gasteiger partial charge is 0.466 e. The topological polar surface area (TPSA) is 172 Å². The number of anilines is 4. The van der Waals surface area contributed by atoms with Crippen LogP contribution in [0.1, 0.15) is 37.0 Å². The molecule has 4 rings (SSSR count). The Labute approximate surface area is 237 Å². The number of esters is 2. The van der Waals surface area contributed by atoms with Crippen LogP contribution in [0.25, 0.3) is 22.3 Å². The third kappa shape index (κ3) is 7.27. The number of ether oxygens (including phenoxy) is 2. The summed E-state index contributed by atoms with van der Waals surface area (Å²) in [6.45, 7) is 3.74. The van der Waals surface area contributed by atoms with Crippen molar-refractivity contribution in [1.29, 1.82) is 0 Å². The molecule has 0 unspecified atom stereocenters. The Balaban J connectivity index is 1.55. The zero-order valence-electron chi connectivity index (χ0n) is 22.8. The lowest BCUT2D eigenvalue weighted by Gasteiger charge is -2.17. The van der Waals surface area contributed by atoms with E-state index in [0.717, 1.165) is 5.56 Å². The fraction of sp³-hybridized carbons (Fsp3) is 0.233. The van der Waals surface area contributed by atoms with Gasteiger partial charge in [0.05, 0.1) is 24.4 Å². The molecule has 1 atom stereocenters. The van der Waals surface area contributed by atoms with Crippen LogP contribution in [-0.2, 0) is 19.1 Å². The minimum atomic E-state index is -0.995. The first-order chi connectivity index (χ1) is 19.8. The molecule has 0 bridgehead atoms. The average molecular weight is 557 g/mol. The molecule has 1 amide bonds. The van der Waals surface area contributed by atoms with Gasteiger partial charge in [-0.25, -0.2) is 14.8 Å². The number of nitrogens with two attached hydrogens (primary N) is 2. The summed E-state index contributed by atoms with van der Waals surface area (Å²) in [6, 6.07) is 18.5. The van der Waals surface area contributed by atoms with E-state index in [9.17, 15) is 14.4 Å². The number of nitrogen functional groups attached to an aromatic ring is 2. The van der Waals surface area contributed by atoms with Gasteiger partial charge in [0.2, 0.25) is 0 Å². The van der Waals surface area contributed by atoms with E-state index in [-0.39, 0.29) is 26.1 Å². The number of carbonyl (C=O) groups is 3. The monoisotopic (exact) mass is 556 g/mol. The number of hydrogen-bond acceptors (Lipinski definition) is 10. The predicted molar refractivity (Wildman–Crippen MR) is 157 cm³/mol. The summed E-state index contributed by atoms with van der Waals surface area (Å²) in [5, 5.41) is 5.93. The Kier molecular flexibility index (Phi) is 9.31. The highest BCUT2D eigenvalue weighted by Crippen LogP contribution is 2.32. The quantitative estimate of drug-likeness (QED) is 0.155. The van der Waals surface area contributed by atoms with Crippen molar-refractivity contribution in [2.75, 3.05) is 30.0 Å². The minimum Gasteiger partial charge on any atom is -0.466 e. The molecule has 0 fully saturated rings. The number of amides is 1. The van der Waals surface area contributed by atoms with E-state index in [1.807, 2.05) is 30.3 Å². The van der Waals surface area contributed by atoms with Gasteiger partial charge >= 0.3 is 11.9 Å². The van der Waals surface area contributed by atoms with Crippen LogP contribution in [0.15, 0.2) is 66.7 Å². The molecule has 0 aliphatic carbocycles. The summed E-state index contributed by atoms with van der Waals surface area (Å²) in [5.74, 6) is -1.08. The fourth-order valence-electron chi connectivity index (χ4n) is 4.16. The number of benzene rings is 3. The van der Waals surface area contributed by atoms with Crippen molar-refractivity contribution in [2.24, 2.45) is 0 Å². The number of nitrogens with zero attached hydrogens (tertiary/aromatic N) is 2. The molecule has 41 heavy (non-hydrogen) atoms. The van der Waals surface area contributed by atoms with Crippen LogP contribution >= 0.6 is 0 Å². The van der Waals surface area contributed by atoms with E-state index >= 15 is 0 Å². The lowest BCUT2D eigenvalue weighted by atomic mass is 10.1. The normalized spacial score (nSPS) is 11.5. The third-order valence-corrected chi connectivity index (χ3v) is 6.10. The molecule has 0 spiro atoms. The summed E-state index contributed by atoms with van der Waals surface area (Å²) in [7, 11) is 0. The molecule has 1 aromatic heterocycles. The molecule has 0 saturated carbocycles. The van der Waals surface area contributed by atoms with Crippen LogP contribution in [0.4, 0.5) is 22.9 Å². The molecule has 1 heterocycles. The van der Waals surface area contributed by atoms with Crippen molar-refractivity contribution in [1.82, 2.24) is 15.3 Å². The number of aromatic nitrogens is 2. The number of hydrogen-bond donors (Lipinski definition) is 4. The SMILES string of the molecule is CCOC(=O)CC[C@H](NC(=O)c1ccc(Nc2nc3cc(N)cc(N)c3nc2-c2ccccc2)cc1)C(=O)OCC. The van der Waals surface area contributed by atoms with Crippen LogP contribution in [0.3, 0.4) is 0 Å². The van der Waals surface area contributed by atoms with Gasteiger partial charge in [0, 0.05) is 28.9 Å². The van der Waals surface area contributed by atoms with Crippen LogP contribution in [0.5, 0.6) is 0 Å². The second-order valence-corrected chi connectivity index (χ2v) is 9.09. The Morgan fingerprint density at radius 2 is 1.61 bits per heavy atom. The molecule has 6 N–H and O–H groups in total. The summed E-state index contributed by atoms with van der Waals surface area (Å²) < 4.78 is 9.99. The highest BCUT2D eigenvalue weighted by Gasteiger charge is 2.24. The highest BCUT2D eigenvalue weighted by atomic mass is 16.5. The zero-order valence-corrected chi connectivity index (χ0v) is 22.8. The van der Waals surface area contributed by atoms with Gasteiger partial charge in [0.15, 0.2) is 5.82 Å². The molecular formula is C30H32N6O5. The maximum absolute atomic E-state index is 13.0. The molecule has 0 aliphatic rings. The Bertz CT molecular complexity index is 1540. The molecular weight excluding hydrogens is 524 g/mol. The highest BCUT2D eigenvalue weighted by molar-refractivity contribution is 5.97. The van der Waals surface area contributed by atoms with Crippen molar-refractivity contribution in [3.63, 3.8) is 0 Å². The number of carbonyl (C=O) groups excluding carboxylic acids is 3. The van der Waals surface area contributed by atoms with Crippen molar-refractivity contribution >= 4 is 51.8 Å². The maximum atomic E-state index is 13.0. The number of nitrogens with one attached hydrogen (secondary N) is 2. The van der Waals surface area contributed by atoms with Gasteiger partial charge in [-0.2, -0.15) is 0 Å².